The van der Waals surface area contributed by atoms with Crippen LogP contribution in [0.1, 0.15) is 19.3 Å². The smallest absolute Gasteiger partial charge is 0.242 e. The van der Waals surface area contributed by atoms with E-state index in [4.69, 9.17) is 11.6 Å². The molecule has 1 fully saturated rings. The molecule has 2 heterocycles. The largest absolute Gasteiger partial charge is 0.374 e. The van der Waals surface area contributed by atoms with E-state index in [0.717, 1.165) is 31.5 Å². The minimum Gasteiger partial charge on any atom is -0.374 e. The highest BCUT2D eigenvalue weighted by Gasteiger charge is 2.20. The molecule has 1 aromatic heterocycles. The van der Waals surface area contributed by atoms with Crippen LogP contribution < -0.4 is 10.6 Å². The van der Waals surface area contributed by atoms with Gasteiger partial charge < -0.3 is 10.6 Å². The molecule has 0 aliphatic carbocycles. The summed E-state index contributed by atoms with van der Waals surface area (Å²) in [5.41, 5.74) is 0.805. The Morgan fingerprint density at radius 1 is 1.47 bits per heavy atom. The highest BCUT2D eigenvalue weighted by Crippen LogP contribution is 2.21. The van der Waals surface area contributed by atoms with Gasteiger partial charge in [-0.2, -0.15) is 0 Å². The summed E-state index contributed by atoms with van der Waals surface area (Å²) in [5.74, 6) is 0.0477. The molecule has 1 aliphatic rings. The number of rotatable bonds is 2. The summed E-state index contributed by atoms with van der Waals surface area (Å²) in [6, 6.07) is 3.33. The van der Waals surface area contributed by atoms with Crippen molar-refractivity contribution >= 4 is 39.1 Å². The molecule has 1 aromatic rings. The van der Waals surface area contributed by atoms with Crippen LogP contribution in [-0.2, 0) is 4.79 Å². The van der Waals surface area contributed by atoms with Crippen LogP contribution in [0.15, 0.2) is 16.7 Å². The van der Waals surface area contributed by atoms with E-state index in [1.165, 1.54) is 0 Å². The summed E-state index contributed by atoms with van der Waals surface area (Å²) in [7, 11) is 0. The molecule has 2 N–H and O–H groups in total. The molecule has 0 bridgehead atoms. The second kappa shape index (κ2) is 5.69. The standard InChI is InChI=1S/C11H13BrClN3O/c12-9-5-7(6-10(13)16-9)15-8-3-1-2-4-14-11(8)17/h5-6,8H,1-4H2,(H,14,17)(H,15,16). The van der Waals surface area contributed by atoms with E-state index in [9.17, 15) is 4.79 Å². The maximum atomic E-state index is 11.8. The Morgan fingerprint density at radius 2 is 2.29 bits per heavy atom. The van der Waals surface area contributed by atoms with Crippen molar-refractivity contribution in [3.8, 4) is 0 Å². The molecule has 1 atom stereocenters. The molecule has 1 aliphatic heterocycles. The molecular weight excluding hydrogens is 305 g/mol. The lowest BCUT2D eigenvalue weighted by Crippen LogP contribution is -2.37. The minimum absolute atomic E-state index is 0.0477. The predicted octanol–water partition coefficient (Wildman–Crippen LogP) is 2.58. The topological polar surface area (TPSA) is 54.0 Å². The average Bonchev–Trinajstić information content (AvgIpc) is 2.43. The molecule has 92 valence electrons. The van der Waals surface area contributed by atoms with Crippen LogP contribution in [0.5, 0.6) is 0 Å². The molecule has 17 heavy (non-hydrogen) atoms. The average molecular weight is 319 g/mol. The maximum absolute atomic E-state index is 11.8. The van der Waals surface area contributed by atoms with Crippen molar-refractivity contribution in [2.24, 2.45) is 0 Å². The lowest BCUT2D eigenvalue weighted by molar-refractivity contribution is -0.121. The highest BCUT2D eigenvalue weighted by molar-refractivity contribution is 9.10. The van der Waals surface area contributed by atoms with Gasteiger partial charge in [-0.25, -0.2) is 4.98 Å². The quantitative estimate of drug-likeness (QED) is 0.824. The molecule has 0 spiro atoms. The number of nitrogens with one attached hydrogen (secondary N) is 2. The van der Waals surface area contributed by atoms with Crippen molar-refractivity contribution < 1.29 is 4.79 Å². The molecule has 0 radical (unpaired) electrons. The van der Waals surface area contributed by atoms with Gasteiger partial charge >= 0.3 is 0 Å². The van der Waals surface area contributed by atoms with E-state index in [0.29, 0.717) is 9.76 Å². The van der Waals surface area contributed by atoms with Crippen LogP contribution in [0.4, 0.5) is 5.69 Å². The first-order chi connectivity index (χ1) is 8.15. The first-order valence-corrected chi connectivity index (χ1v) is 6.69. The van der Waals surface area contributed by atoms with Crippen molar-refractivity contribution in [2.45, 2.75) is 25.3 Å². The monoisotopic (exact) mass is 317 g/mol. The van der Waals surface area contributed by atoms with Crippen LogP contribution in [0.25, 0.3) is 0 Å². The Morgan fingerprint density at radius 3 is 3.06 bits per heavy atom. The summed E-state index contributed by atoms with van der Waals surface area (Å²) in [5, 5.41) is 6.47. The number of halogens is 2. The van der Waals surface area contributed by atoms with Gasteiger partial charge in [0.1, 0.15) is 15.8 Å². The Hall–Kier alpha value is -0.810. The molecule has 4 nitrogen and oxygen atoms in total. The van der Waals surface area contributed by atoms with Crippen molar-refractivity contribution in [1.29, 1.82) is 0 Å². The summed E-state index contributed by atoms with van der Waals surface area (Å²) in [6.07, 6.45) is 2.91. The summed E-state index contributed by atoms with van der Waals surface area (Å²) in [4.78, 5) is 15.8. The third-order valence-corrected chi connectivity index (χ3v) is 3.24. The van der Waals surface area contributed by atoms with E-state index in [2.05, 4.69) is 31.5 Å². The normalized spacial score (nSPS) is 20.6. The van der Waals surface area contributed by atoms with Gasteiger partial charge in [0, 0.05) is 12.2 Å². The van der Waals surface area contributed by atoms with E-state index >= 15 is 0 Å². The summed E-state index contributed by atoms with van der Waals surface area (Å²) >= 11 is 9.13. The minimum atomic E-state index is -0.192. The second-order valence-corrected chi connectivity index (χ2v) is 5.18. The van der Waals surface area contributed by atoms with E-state index in [1.807, 2.05) is 6.07 Å². The first kappa shape index (κ1) is 12.6. The maximum Gasteiger partial charge on any atom is 0.242 e. The number of pyridine rings is 1. The van der Waals surface area contributed by atoms with Gasteiger partial charge in [-0.1, -0.05) is 11.6 Å². The zero-order valence-corrected chi connectivity index (χ0v) is 11.5. The van der Waals surface area contributed by atoms with Gasteiger partial charge in [-0.3, -0.25) is 4.79 Å². The van der Waals surface area contributed by atoms with Crippen LogP contribution in [0, 0.1) is 0 Å². The molecule has 1 unspecified atom stereocenters. The number of carbonyl (C=O) groups excluding carboxylic acids is 1. The number of hydrogen-bond donors (Lipinski definition) is 2. The second-order valence-electron chi connectivity index (χ2n) is 3.99. The first-order valence-electron chi connectivity index (χ1n) is 5.52. The number of carbonyl (C=O) groups is 1. The van der Waals surface area contributed by atoms with Crippen LogP contribution in [0.2, 0.25) is 5.15 Å². The van der Waals surface area contributed by atoms with Crippen molar-refractivity contribution in [2.75, 3.05) is 11.9 Å². The Balaban J connectivity index is 2.10. The van der Waals surface area contributed by atoms with Crippen molar-refractivity contribution in [3.05, 3.63) is 21.9 Å². The van der Waals surface area contributed by atoms with Gasteiger partial charge in [0.2, 0.25) is 5.91 Å². The zero-order valence-electron chi connectivity index (χ0n) is 9.17. The van der Waals surface area contributed by atoms with Gasteiger partial charge in [0.15, 0.2) is 0 Å². The highest BCUT2D eigenvalue weighted by atomic mass is 79.9. The summed E-state index contributed by atoms with van der Waals surface area (Å²) < 4.78 is 0.654. The third-order valence-electron chi connectivity index (χ3n) is 2.64. The Kier molecular flexibility index (Phi) is 4.23. The fourth-order valence-electron chi connectivity index (χ4n) is 1.83. The van der Waals surface area contributed by atoms with Gasteiger partial charge in [-0.05, 0) is 47.3 Å². The van der Waals surface area contributed by atoms with Crippen LogP contribution in [0.3, 0.4) is 0 Å². The predicted molar refractivity (Wildman–Crippen MR) is 71.2 cm³/mol. The van der Waals surface area contributed by atoms with Gasteiger partial charge in [0.05, 0.1) is 0 Å². The Bertz CT molecular complexity index is 407. The zero-order chi connectivity index (χ0) is 12.3. The van der Waals surface area contributed by atoms with E-state index in [1.54, 1.807) is 6.07 Å². The number of aromatic nitrogens is 1. The molecule has 1 amide bonds. The number of anilines is 1. The SMILES string of the molecule is O=C1NCCCCC1Nc1cc(Cl)nc(Br)c1. The number of hydrogen-bond acceptors (Lipinski definition) is 3. The lowest BCUT2D eigenvalue weighted by Gasteiger charge is -2.16. The number of nitrogens with zero attached hydrogens (tertiary/aromatic N) is 1. The van der Waals surface area contributed by atoms with Gasteiger partial charge in [0.25, 0.3) is 0 Å². The molecular formula is C11H13BrClN3O. The third kappa shape index (κ3) is 3.57. The summed E-state index contributed by atoms with van der Waals surface area (Å²) in [6.45, 7) is 0.762. The Labute approximate surface area is 113 Å². The van der Waals surface area contributed by atoms with Gasteiger partial charge in [-0.15, -0.1) is 0 Å². The fourth-order valence-corrected chi connectivity index (χ4v) is 2.57. The van der Waals surface area contributed by atoms with Crippen LogP contribution in [-0.4, -0.2) is 23.5 Å². The molecule has 0 saturated carbocycles. The van der Waals surface area contributed by atoms with Crippen LogP contribution >= 0.6 is 27.5 Å². The molecule has 6 heteroatoms. The lowest BCUT2D eigenvalue weighted by atomic mass is 10.1. The van der Waals surface area contributed by atoms with E-state index < -0.39 is 0 Å². The fraction of sp³-hybridized carbons (Fsp3) is 0.455. The van der Waals surface area contributed by atoms with Crippen molar-refractivity contribution in [3.63, 3.8) is 0 Å². The molecule has 2 rings (SSSR count). The van der Waals surface area contributed by atoms with Crippen molar-refractivity contribution in [1.82, 2.24) is 10.3 Å². The molecule has 0 aromatic carbocycles. The number of amides is 1. The van der Waals surface area contributed by atoms with E-state index in [-0.39, 0.29) is 11.9 Å². The molecule has 1 saturated heterocycles.